The molecule has 0 spiro atoms. The number of hydrogen-bond acceptors (Lipinski definition) is 7. The van der Waals surface area contributed by atoms with Gasteiger partial charge in [0.05, 0.1) is 13.2 Å². The van der Waals surface area contributed by atoms with E-state index in [-0.39, 0.29) is 24.8 Å². The molecule has 10 heteroatoms. The third-order valence-corrected chi connectivity index (χ3v) is 3.69. The van der Waals surface area contributed by atoms with Crippen LogP contribution in [0.2, 0.25) is 0 Å². The molecule has 0 radical (unpaired) electrons. The largest absolute Gasteiger partial charge is 0.385 e. The SMILES string of the molecule is Cl.Cl.OC1(CNCCc2nc(-c3cccnc3)n[nH]2)CNCCOC1. The Bertz CT molecular complexity index is 605. The van der Waals surface area contributed by atoms with Crippen LogP contribution in [0.5, 0.6) is 0 Å². The van der Waals surface area contributed by atoms with Gasteiger partial charge in [-0.1, -0.05) is 0 Å². The fourth-order valence-corrected chi connectivity index (χ4v) is 2.45. The Hall–Kier alpha value is -1.29. The second-order valence-electron chi connectivity index (χ2n) is 5.73. The van der Waals surface area contributed by atoms with Crippen molar-refractivity contribution in [2.45, 2.75) is 12.0 Å². The summed E-state index contributed by atoms with van der Waals surface area (Å²) < 4.78 is 5.39. The van der Waals surface area contributed by atoms with Crippen molar-refractivity contribution >= 4 is 24.8 Å². The van der Waals surface area contributed by atoms with Crippen molar-refractivity contribution < 1.29 is 9.84 Å². The Balaban J connectivity index is 0.00000156. The van der Waals surface area contributed by atoms with Crippen molar-refractivity contribution in [3.8, 4) is 11.4 Å². The van der Waals surface area contributed by atoms with Crippen LogP contribution in [-0.2, 0) is 11.2 Å². The van der Waals surface area contributed by atoms with Gasteiger partial charge in [0, 0.05) is 50.6 Å². The van der Waals surface area contributed by atoms with E-state index in [1.807, 2.05) is 12.1 Å². The van der Waals surface area contributed by atoms with Crippen molar-refractivity contribution in [3.05, 3.63) is 30.4 Å². The fraction of sp³-hybridized carbons (Fsp3) is 0.533. The molecule has 4 N–H and O–H groups in total. The average molecular weight is 391 g/mol. The summed E-state index contributed by atoms with van der Waals surface area (Å²) in [6.45, 7) is 3.47. The molecule has 3 rings (SSSR count). The first-order valence-electron chi connectivity index (χ1n) is 7.78. The number of halogens is 2. The minimum atomic E-state index is -0.862. The molecule has 0 bridgehead atoms. The fourth-order valence-electron chi connectivity index (χ4n) is 2.45. The molecule has 0 saturated carbocycles. The van der Waals surface area contributed by atoms with Crippen LogP contribution in [0.4, 0.5) is 0 Å². The normalized spacial score (nSPS) is 20.2. The van der Waals surface area contributed by atoms with Crippen LogP contribution < -0.4 is 10.6 Å². The highest BCUT2D eigenvalue weighted by molar-refractivity contribution is 5.85. The predicted octanol–water partition coefficient (Wildman–Crippen LogP) is 0.193. The molecule has 140 valence electrons. The molecule has 0 aliphatic carbocycles. The smallest absolute Gasteiger partial charge is 0.182 e. The maximum absolute atomic E-state index is 10.4. The molecule has 1 aliphatic heterocycles. The summed E-state index contributed by atoms with van der Waals surface area (Å²) in [5, 5.41) is 24.0. The molecule has 2 aromatic rings. The molecule has 0 aromatic carbocycles. The maximum atomic E-state index is 10.4. The van der Waals surface area contributed by atoms with E-state index in [0.717, 1.165) is 17.9 Å². The van der Waals surface area contributed by atoms with Gasteiger partial charge < -0.3 is 20.5 Å². The molecule has 25 heavy (non-hydrogen) atoms. The summed E-state index contributed by atoms with van der Waals surface area (Å²) in [6, 6.07) is 3.78. The number of H-pyrrole nitrogens is 1. The quantitative estimate of drug-likeness (QED) is 0.521. The molecule has 1 saturated heterocycles. The lowest BCUT2D eigenvalue weighted by molar-refractivity contribution is -0.0260. The lowest BCUT2D eigenvalue weighted by Gasteiger charge is -2.26. The van der Waals surface area contributed by atoms with Crippen LogP contribution in [0, 0.1) is 0 Å². The Kier molecular flexibility index (Phi) is 9.26. The zero-order valence-corrected chi connectivity index (χ0v) is 15.4. The van der Waals surface area contributed by atoms with E-state index in [4.69, 9.17) is 4.74 Å². The molecular weight excluding hydrogens is 367 g/mol. The van der Waals surface area contributed by atoms with Crippen LogP contribution in [0.25, 0.3) is 11.4 Å². The Morgan fingerprint density at radius 2 is 2.24 bits per heavy atom. The first kappa shape index (κ1) is 21.8. The molecule has 1 atom stereocenters. The molecule has 2 aromatic heterocycles. The zero-order valence-electron chi connectivity index (χ0n) is 13.8. The van der Waals surface area contributed by atoms with Crippen LogP contribution >= 0.6 is 24.8 Å². The van der Waals surface area contributed by atoms with E-state index >= 15 is 0 Å². The van der Waals surface area contributed by atoms with Gasteiger partial charge in [0.25, 0.3) is 0 Å². The minimum Gasteiger partial charge on any atom is -0.385 e. The first-order valence-corrected chi connectivity index (χ1v) is 7.78. The summed E-state index contributed by atoms with van der Waals surface area (Å²) in [5.74, 6) is 1.45. The van der Waals surface area contributed by atoms with Crippen LogP contribution in [-0.4, -0.2) is 70.3 Å². The van der Waals surface area contributed by atoms with Crippen LogP contribution in [0.1, 0.15) is 5.82 Å². The van der Waals surface area contributed by atoms with E-state index in [1.165, 1.54) is 0 Å². The lowest BCUT2D eigenvalue weighted by atomic mass is 10.1. The van der Waals surface area contributed by atoms with Crippen molar-refractivity contribution in [2.24, 2.45) is 0 Å². The van der Waals surface area contributed by atoms with Gasteiger partial charge in [-0.15, -0.1) is 24.8 Å². The Morgan fingerprint density at radius 1 is 1.36 bits per heavy atom. The van der Waals surface area contributed by atoms with Gasteiger partial charge in [0.1, 0.15) is 11.4 Å². The third kappa shape index (κ3) is 6.50. The Labute approximate surface area is 159 Å². The summed E-state index contributed by atoms with van der Waals surface area (Å²) in [6.07, 6.45) is 4.16. The van der Waals surface area contributed by atoms with E-state index < -0.39 is 5.60 Å². The summed E-state index contributed by atoms with van der Waals surface area (Å²) >= 11 is 0. The van der Waals surface area contributed by atoms with Gasteiger partial charge in [-0.2, -0.15) is 5.10 Å². The minimum absolute atomic E-state index is 0. The number of aromatic amines is 1. The van der Waals surface area contributed by atoms with E-state index in [9.17, 15) is 5.11 Å². The van der Waals surface area contributed by atoms with E-state index in [0.29, 0.717) is 45.1 Å². The van der Waals surface area contributed by atoms with Gasteiger partial charge in [-0.25, -0.2) is 4.98 Å². The third-order valence-electron chi connectivity index (χ3n) is 3.69. The number of ether oxygens (including phenoxy) is 1. The van der Waals surface area contributed by atoms with Gasteiger partial charge >= 0.3 is 0 Å². The van der Waals surface area contributed by atoms with Crippen molar-refractivity contribution in [1.82, 2.24) is 30.8 Å². The highest BCUT2D eigenvalue weighted by Crippen LogP contribution is 2.12. The monoisotopic (exact) mass is 390 g/mol. The second kappa shape index (κ2) is 10.6. The molecule has 1 unspecified atom stereocenters. The molecular formula is C15H24Cl2N6O2. The van der Waals surface area contributed by atoms with Gasteiger partial charge in [0.2, 0.25) is 0 Å². The van der Waals surface area contributed by atoms with Crippen molar-refractivity contribution in [2.75, 3.05) is 39.4 Å². The summed E-state index contributed by atoms with van der Waals surface area (Å²) in [4.78, 5) is 8.51. The molecule has 0 amide bonds. The number of pyridine rings is 1. The maximum Gasteiger partial charge on any atom is 0.182 e. The molecule has 8 nitrogen and oxygen atoms in total. The average Bonchev–Trinajstić information content (AvgIpc) is 2.94. The van der Waals surface area contributed by atoms with Crippen molar-refractivity contribution in [3.63, 3.8) is 0 Å². The number of β-amino-alcohol motifs (C(OH)–C–C–N with tert-alkyl or cyclic N) is 1. The first-order chi connectivity index (χ1) is 11.3. The number of hydrogen-bond donors (Lipinski definition) is 4. The summed E-state index contributed by atoms with van der Waals surface area (Å²) in [7, 11) is 0. The number of aliphatic hydroxyl groups is 1. The van der Waals surface area contributed by atoms with Crippen molar-refractivity contribution in [1.29, 1.82) is 0 Å². The summed E-state index contributed by atoms with van der Waals surface area (Å²) in [5.41, 5.74) is 0.0256. The lowest BCUT2D eigenvalue weighted by Crippen LogP contribution is -2.50. The standard InChI is InChI=1S/C15H22N6O2.2ClH/c22-15(10-18-6-7-23-11-15)9-17-5-3-13-19-14(21-20-13)12-2-1-4-16-8-12;;/h1-2,4,8,17-18,22H,3,5-7,9-11H2,(H,19,20,21);2*1H. The second-order valence-corrected chi connectivity index (χ2v) is 5.73. The predicted molar refractivity (Wildman–Crippen MR) is 99.3 cm³/mol. The van der Waals surface area contributed by atoms with Gasteiger partial charge in [-0.3, -0.25) is 10.1 Å². The van der Waals surface area contributed by atoms with Crippen LogP contribution in [0.15, 0.2) is 24.5 Å². The highest BCUT2D eigenvalue weighted by Gasteiger charge is 2.28. The topological polar surface area (TPSA) is 108 Å². The Morgan fingerprint density at radius 3 is 3.04 bits per heavy atom. The molecule has 1 aliphatic rings. The highest BCUT2D eigenvalue weighted by atomic mass is 35.5. The van der Waals surface area contributed by atoms with E-state index in [2.05, 4.69) is 30.8 Å². The number of nitrogens with one attached hydrogen (secondary N) is 3. The van der Waals surface area contributed by atoms with Gasteiger partial charge in [0.15, 0.2) is 5.82 Å². The molecule has 1 fully saturated rings. The number of nitrogens with zero attached hydrogens (tertiary/aromatic N) is 3. The van der Waals surface area contributed by atoms with E-state index in [1.54, 1.807) is 12.4 Å². The number of rotatable bonds is 6. The zero-order chi connectivity index (χ0) is 16.0. The van der Waals surface area contributed by atoms with Crippen LogP contribution in [0.3, 0.4) is 0 Å². The number of aromatic nitrogens is 4. The van der Waals surface area contributed by atoms with Gasteiger partial charge in [-0.05, 0) is 12.1 Å². The molecule has 3 heterocycles.